The second-order valence-electron chi connectivity index (χ2n) is 9.63. The van der Waals surface area contributed by atoms with Gasteiger partial charge in [0.2, 0.25) is 0 Å². The highest BCUT2D eigenvalue weighted by Gasteiger charge is 2.24. The molecule has 32 heavy (non-hydrogen) atoms. The van der Waals surface area contributed by atoms with Crippen molar-refractivity contribution in [2.45, 2.75) is 117 Å². The number of aliphatic hydroxyl groups excluding tert-OH is 1. The van der Waals surface area contributed by atoms with E-state index in [0.717, 1.165) is 56.9 Å². The Kier molecular flexibility index (Phi) is 15.6. The first-order valence-corrected chi connectivity index (χ1v) is 13.7. The topological polar surface area (TPSA) is 54.4 Å². The normalized spacial score (nSPS) is 15.3. The summed E-state index contributed by atoms with van der Waals surface area (Å²) < 4.78 is 23.9. The third-order valence-electron chi connectivity index (χ3n) is 5.61. The molecule has 1 unspecified atom stereocenters. The van der Waals surface area contributed by atoms with Crippen LogP contribution in [0.3, 0.4) is 0 Å². The number of hydrogen-bond donors (Lipinski definition) is 1. The summed E-state index contributed by atoms with van der Waals surface area (Å²) in [5.74, 6) is 0. The molecule has 0 amide bonds. The smallest absolute Gasteiger partial charge is 0.182 e. The minimum absolute atomic E-state index is 0.576. The highest BCUT2D eigenvalue weighted by atomic mass is 32.2. The van der Waals surface area contributed by atoms with Crippen molar-refractivity contribution in [3.8, 4) is 0 Å². The summed E-state index contributed by atoms with van der Waals surface area (Å²) in [5, 5.41) is 9.38. The van der Waals surface area contributed by atoms with Crippen molar-refractivity contribution in [1.29, 1.82) is 0 Å². The maximum atomic E-state index is 12.0. The van der Waals surface area contributed by atoms with Crippen molar-refractivity contribution in [2.24, 2.45) is 0 Å². The Bertz CT molecular complexity index is 802. The van der Waals surface area contributed by atoms with Gasteiger partial charge in [0.15, 0.2) is 15.3 Å². The van der Waals surface area contributed by atoms with Gasteiger partial charge in [-0.3, -0.25) is 0 Å². The average Bonchev–Trinajstić information content (AvgIpc) is 2.67. The molecule has 184 valence electrons. The van der Waals surface area contributed by atoms with Crippen molar-refractivity contribution >= 4 is 9.84 Å². The summed E-state index contributed by atoms with van der Waals surface area (Å²) in [6, 6.07) is 0. The summed E-state index contributed by atoms with van der Waals surface area (Å²) in [4.78, 5) is 0. The first-order valence-electron chi connectivity index (χ1n) is 12.0. The minimum Gasteiger partial charge on any atom is -0.374 e. The van der Waals surface area contributed by atoms with E-state index in [1.807, 2.05) is 6.92 Å². The number of sulfone groups is 1. The summed E-state index contributed by atoms with van der Waals surface area (Å²) in [5.41, 5.74) is 5.18. The van der Waals surface area contributed by atoms with Gasteiger partial charge >= 0.3 is 0 Å². The Morgan fingerprint density at radius 3 is 1.34 bits per heavy atom. The van der Waals surface area contributed by atoms with Crippen LogP contribution in [0.4, 0.5) is 0 Å². The molecule has 0 spiro atoms. The van der Waals surface area contributed by atoms with Gasteiger partial charge in [-0.15, -0.1) is 0 Å². The molecule has 1 N–H and O–H groups in total. The zero-order chi connectivity index (χ0) is 24.7. The number of rotatable bonds is 15. The Labute approximate surface area is 199 Å². The fourth-order valence-electron chi connectivity index (χ4n) is 3.23. The Balaban J connectivity index is 4.33. The van der Waals surface area contributed by atoms with Crippen LogP contribution in [-0.4, -0.2) is 24.2 Å². The first-order chi connectivity index (χ1) is 14.9. The van der Waals surface area contributed by atoms with Gasteiger partial charge in [0.05, 0.1) is 5.25 Å². The van der Waals surface area contributed by atoms with Crippen LogP contribution in [-0.2, 0) is 9.84 Å². The maximum Gasteiger partial charge on any atom is 0.182 e. The SMILES string of the molecule is CC(C)=CCCC(C)=CCCC(C)=CCCC(C)=CCCC(C)=CC(O)S(=O)(=O)C(C)C. The van der Waals surface area contributed by atoms with E-state index in [1.54, 1.807) is 13.8 Å². The lowest BCUT2D eigenvalue weighted by Gasteiger charge is -2.12. The molecule has 0 fully saturated rings. The van der Waals surface area contributed by atoms with E-state index < -0.39 is 20.5 Å². The van der Waals surface area contributed by atoms with Gasteiger partial charge in [0.1, 0.15) is 0 Å². The summed E-state index contributed by atoms with van der Waals surface area (Å²) in [7, 11) is -3.50. The number of aliphatic hydroxyl groups is 1. The monoisotopic (exact) mass is 464 g/mol. The summed E-state index contributed by atoms with van der Waals surface area (Å²) >= 11 is 0. The molecule has 3 nitrogen and oxygen atoms in total. The van der Waals surface area contributed by atoms with Gasteiger partial charge in [-0.05, 0) is 113 Å². The summed E-state index contributed by atoms with van der Waals surface area (Å²) in [6.07, 6.45) is 19.0. The number of allylic oxidation sites excluding steroid dienone is 9. The molecule has 0 radical (unpaired) electrons. The van der Waals surface area contributed by atoms with Gasteiger partial charge in [-0.25, -0.2) is 8.42 Å². The molecule has 0 heterocycles. The average molecular weight is 465 g/mol. The van der Waals surface area contributed by atoms with Gasteiger partial charge in [0.25, 0.3) is 0 Å². The van der Waals surface area contributed by atoms with Gasteiger partial charge in [-0.2, -0.15) is 0 Å². The Morgan fingerprint density at radius 2 is 1.00 bits per heavy atom. The van der Waals surface area contributed by atoms with Crippen LogP contribution in [0.5, 0.6) is 0 Å². The second-order valence-corrected chi connectivity index (χ2v) is 12.2. The van der Waals surface area contributed by atoms with Gasteiger partial charge in [-0.1, -0.05) is 52.2 Å². The molecule has 0 aliphatic carbocycles. The van der Waals surface area contributed by atoms with E-state index in [-0.39, 0.29) is 0 Å². The molecule has 0 aliphatic heterocycles. The zero-order valence-corrected chi connectivity index (χ0v) is 22.7. The molecule has 0 rings (SSSR count). The third kappa shape index (κ3) is 14.6. The quantitative estimate of drug-likeness (QED) is 0.250. The molecule has 0 aromatic heterocycles. The zero-order valence-electron chi connectivity index (χ0n) is 21.9. The molecular formula is C28H48O3S. The van der Waals surface area contributed by atoms with E-state index in [2.05, 4.69) is 58.9 Å². The predicted octanol–water partition coefficient (Wildman–Crippen LogP) is 8.00. The van der Waals surface area contributed by atoms with Crippen molar-refractivity contribution < 1.29 is 13.5 Å². The molecule has 0 aliphatic rings. The predicted molar refractivity (Wildman–Crippen MR) is 141 cm³/mol. The fourth-order valence-corrected chi connectivity index (χ4v) is 4.21. The molecule has 1 atom stereocenters. The standard InChI is InChI=1S/C28H48O3S/c1-22(2)13-9-14-24(5)15-10-16-25(6)17-11-18-26(7)19-12-20-27(8)21-28(29)32(30,31)23(3)4/h13,15,17,19,21,23,28-29H,9-12,14,16,18,20H2,1-8H3. The molecule has 0 bridgehead atoms. The van der Waals surface area contributed by atoms with Crippen molar-refractivity contribution in [2.75, 3.05) is 0 Å². The van der Waals surface area contributed by atoms with E-state index in [1.165, 1.54) is 28.4 Å². The van der Waals surface area contributed by atoms with Crippen molar-refractivity contribution in [1.82, 2.24) is 0 Å². The largest absolute Gasteiger partial charge is 0.374 e. The number of hydrogen-bond acceptors (Lipinski definition) is 3. The molecule has 0 saturated heterocycles. The molecule has 4 heteroatoms. The van der Waals surface area contributed by atoms with Crippen LogP contribution >= 0.6 is 0 Å². The minimum atomic E-state index is -3.50. The lowest BCUT2D eigenvalue weighted by atomic mass is 10.0. The molecule has 0 aromatic rings. The van der Waals surface area contributed by atoms with Crippen LogP contribution in [0.25, 0.3) is 0 Å². The first kappa shape index (κ1) is 30.6. The lowest BCUT2D eigenvalue weighted by Crippen LogP contribution is -2.26. The second kappa shape index (κ2) is 16.3. The summed E-state index contributed by atoms with van der Waals surface area (Å²) in [6.45, 7) is 16.0. The molecule has 0 saturated carbocycles. The van der Waals surface area contributed by atoms with Crippen molar-refractivity contribution in [3.63, 3.8) is 0 Å². The van der Waals surface area contributed by atoms with Crippen LogP contribution in [0.1, 0.15) is 107 Å². The van der Waals surface area contributed by atoms with Crippen LogP contribution in [0, 0.1) is 0 Å². The van der Waals surface area contributed by atoms with Gasteiger partial charge < -0.3 is 5.11 Å². The molecule has 0 aromatic carbocycles. The highest BCUT2D eigenvalue weighted by molar-refractivity contribution is 7.92. The Hall–Kier alpha value is -1.39. The van der Waals surface area contributed by atoms with E-state index in [4.69, 9.17) is 0 Å². The maximum absolute atomic E-state index is 12.0. The van der Waals surface area contributed by atoms with Gasteiger partial charge in [0, 0.05) is 0 Å². The Morgan fingerprint density at radius 1 is 0.656 bits per heavy atom. The van der Waals surface area contributed by atoms with Crippen molar-refractivity contribution in [3.05, 3.63) is 58.2 Å². The van der Waals surface area contributed by atoms with Crippen LogP contribution in [0.15, 0.2) is 58.2 Å². The third-order valence-corrected chi connectivity index (χ3v) is 7.73. The van der Waals surface area contributed by atoms with Crippen LogP contribution in [0.2, 0.25) is 0 Å². The van der Waals surface area contributed by atoms with E-state index >= 15 is 0 Å². The highest BCUT2D eigenvalue weighted by Crippen LogP contribution is 2.16. The van der Waals surface area contributed by atoms with E-state index in [9.17, 15) is 13.5 Å². The fraction of sp³-hybridized carbons (Fsp3) is 0.643. The lowest BCUT2D eigenvalue weighted by molar-refractivity contribution is 0.291. The van der Waals surface area contributed by atoms with E-state index in [0.29, 0.717) is 0 Å². The molecular weight excluding hydrogens is 416 g/mol. The van der Waals surface area contributed by atoms with Crippen LogP contribution < -0.4 is 0 Å².